The van der Waals surface area contributed by atoms with Gasteiger partial charge in [-0.05, 0) is 12.8 Å². The van der Waals surface area contributed by atoms with Crippen molar-refractivity contribution in [3.8, 4) is 0 Å². The number of rotatable bonds is 6. The van der Waals surface area contributed by atoms with E-state index in [1.165, 1.54) is 19.3 Å². The van der Waals surface area contributed by atoms with Crippen LogP contribution in [0.4, 0.5) is 0 Å². The molecule has 0 aromatic heterocycles. The smallest absolute Gasteiger partial charge is 0.220 e. The van der Waals surface area contributed by atoms with E-state index in [9.17, 15) is 4.79 Å². The molecule has 0 bridgehead atoms. The van der Waals surface area contributed by atoms with Crippen molar-refractivity contribution in [1.82, 2.24) is 5.32 Å². The molecule has 0 saturated heterocycles. The van der Waals surface area contributed by atoms with Crippen LogP contribution < -0.4 is 11.1 Å². The summed E-state index contributed by atoms with van der Waals surface area (Å²) in [5.41, 5.74) is 5.58. The molecule has 0 aromatic carbocycles. The summed E-state index contributed by atoms with van der Waals surface area (Å²) in [5.74, 6) is 0.175. The van der Waals surface area contributed by atoms with Gasteiger partial charge < -0.3 is 11.1 Å². The molecule has 3 N–H and O–H groups in total. The lowest BCUT2D eigenvalue weighted by Gasteiger charge is -2.02. The van der Waals surface area contributed by atoms with Gasteiger partial charge in [0.25, 0.3) is 0 Å². The number of nitrogens with one attached hydrogen (secondary N) is 1. The van der Waals surface area contributed by atoms with Gasteiger partial charge in [0, 0.05) is 18.5 Å². The first-order valence-electron chi connectivity index (χ1n) is 5.29. The molecule has 0 heterocycles. The third-order valence-electron chi connectivity index (χ3n) is 2.44. The van der Waals surface area contributed by atoms with Gasteiger partial charge in [0.2, 0.25) is 5.91 Å². The zero-order chi connectivity index (χ0) is 9.68. The van der Waals surface area contributed by atoms with Gasteiger partial charge in [-0.15, -0.1) is 0 Å². The molecule has 1 rings (SSSR count). The van der Waals surface area contributed by atoms with E-state index in [1.54, 1.807) is 0 Å². The molecule has 1 aliphatic rings. The summed E-state index contributed by atoms with van der Waals surface area (Å²) in [7, 11) is 0. The second-order valence-corrected chi connectivity index (χ2v) is 3.88. The molecule has 1 aliphatic carbocycles. The van der Waals surface area contributed by atoms with E-state index in [4.69, 9.17) is 5.73 Å². The highest BCUT2D eigenvalue weighted by molar-refractivity contribution is 5.76. The van der Waals surface area contributed by atoms with Crippen molar-refractivity contribution in [2.24, 2.45) is 5.73 Å². The summed E-state index contributed by atoms with van der Waals surface area (Å²) in [5, 5.41) is 2.92. The highest BCUT2D eigenvalue weighted by atomic mass is 16.1. The first-order chi connectivity index (χ1) is 6.24. The monoisotopic (exact) mass is 184 g/mol. The van der Waals surface area contributed by atoms with Crippen LogP contribution in [-0.2, 0) is 4.79 Å². The van der Waals surface area contributed by atoms with Crippen LogP contribution in [0.25, 0.3) is 0 Å². The SMILES string of the molecule is CCCCCCC(=O)NC1CC1N. The van der Waals surface area contributed by atoms with Gasteiger partial charge in [0.15, 0.2) is 0 Å². The fraction of sp³-hybridized carbons (Fsp3) is 0.900. The molecule has 76 valence electrons. The van der Waals surface area contributed by atoms with Gasteiger partial charge in [0.05, 0.1) is 0 Å². The maximum Gasteiger partial charge on any atom is 0.220 e. The molecule has 0 aromatic rings. The Balaban J connectivity index is 1.92. The summed E-state index contributed by atoms with van der Waals surface area (Å²) < 4.78 is 0. The van der Waals surface area contributed by atoms with E-state index < -0.39 is 0 Å². The lowest BCUT2D eigenvalue weighted by molar-refractivity contribution is -0.121. The Morgan fingerprint density at radius 3 is 2.69 bits per heavy atom. The summed E-state index contributed by atoms with van der Waals surface area (Å²) in [4.78, 5) is 11.2. The van der Waals surface area contributed by atoms with Crippen LogP contribution in [0.15, 0.2) is 0 Å². The van der Waals surface area contributed by atoms with Crippen LogP contribution in [0.5, 0.6) is 0 Å². The number of carbonyl (C=O) groups is 1. The number of hydrogen-bond acceptors (Lipinski definition) is 2. The second kappa shape index (κ2) is 5.22. The minimum absolute atomic E-state index is 0.175. The molecule has 1 amide bonds. The number of amides is 1. The van der Waals surface area contributed by atoms with Crippen LogP contribution in [0, 0.1) is 0 Å². The second-order valence-electron chi connectivity index (χ2n) is 3.88. The van der Waals surface area contributed by atoms with E-state index >= 15 is 0 Å². The van der Waals surface area contributed by atoms with E-state index in [0.717, 1.165) is 12.8 Å². The minimum Gasteiger partial charge on any atom is -0.352 e. The molecule has 1 fully saturated rings. The van der Waals surface area contributed by atoms with Crippen LogP contribution in [0.1, 0.15) is 45.4 Å². The van der Waals surface area contributed by atoms with E-state index in [-0.39, 0.29) is 18.0 Å². The molecule has 2 atom stereocenters. The predicted octanol–water partition coefficient (Wildman–Crippen LogP) is 1.17. The summed E-state index contributed by atoms with van der Waals surface area (Å²) in [6, 6.07) is 0.498. The zero-order valence-corrected chi connectivity index (χ0v) is 8.38. The fourth-order valence-corrected chi connectivity index (χ4v) is 1.37. The summed E-state index contributed by atoms with van der Waals surface area (Å²) in [6.45, 7) is 2.17. The topological polar surface area (TPSA) is 55.1 Å². The van der Waals surface area contributed by atoms with Crippen molar-refractivity contribution in [1.29, 1.82) is 0 Å². The van der Waals surface area contributed by atoms with Gasteiger partial charge >= 0.3 is 0 Å². The lowest BCUT2D eigenvalue weighted by Crippen LogP contribution is -2.29. The number of nitrogens with two attached hydrogens (primary N) is 1. The van der Waals surface area contributed by atoms with Crippen LogP contribution in [0.3, 0.4) is 0 Å². The van der Waals surface area contributed by atoms with Crippen molar-refractivity contribution in [3.63, 3.8) is 0 Å². The minimum atomic E-state index is 0.175. The first-order valence-corrected chi connectivity index (χ1v) is 5.29. The average Bonchev–Trinajstić information content (AvgIpc) is 2.76. The van der Waals surface area contributed by atoms with Crippen LogP contribution >= 0.6 is 0 Å². The maximum absolute atomic E-state index is 11.2. The van der Waals surface area contributed by atoms with Crippen molar-refractivity contribution >= 4 is 5.91 Å². The molecule has 1 saturated carbocycles. The van der Waals surface area contributed by atoms with Gasteiger partial charge in [-0.25, -0.2) is 0 Å². The van der Waals surface area contributed by atoms with Crippen molar-refractivity contribution < 1.29 is 4.79 Å². The Labute approximate surface area is 80.1 Å². The first kappa shape index (κ1) is 10.5. The average molecular weight is 184 g/mol. The highest BCUT2D eigenvalue weighted by Gasteiger charge is 2.34. The van der Waals surface area contributed by atoms with Gasteiger partial charge in [-0.2, -0.15) is 0 Å². The van der Waals surface area contributed by atoms with Gasteiger partial charge in [-0.1, -0.05) is 26.2 Å². The Hall–Kier alpha value is -0.570. The lowest BCUT2D eigenvalue weighted by atomic mass is 10.1. The van der Waals surface area contributed by atoms with E-state index in [1.807, 2.05) is 0 Å². The van der Waals surface area contributed by atoms with Crippen molar-refractivity contribution in [3.05, 3.63) is 0 Å². The van der Waals surface area contributed by atoms with Crippen LogP contribution in [0.2, 0.25) is 0 Å². The molecule has 0 aliphatic heterocycles. The zero-order valence-electron chi connectivity index (χ0n) is 8.38. The van der Waals surface area contributed by atoms with Crippen LogP contribution in [-0.4, -0.2) is 18.0 Å². The fourth-order valence-electron chi connectivity index (χ4n) is 1.37. The molecule has 13 heavy (non-hydrogen) atoms. The normalized spacial score (nSPS) is 25.7. The third-order valence-corrected chi connectivity index (χ3v) is 2.44. The predicted molar refractivity (Wildman–Crippen MR) is 53.3 cm³/mol. The van der Waals surface area contributed by atoms with E-state index in [2.05, 4.69) is 12.2 Å². The summed E-state index contributed by atoms with van der Waals surface area (Å²) in [6.07, 6.45) is 6.26. The van der Waals surface area contributed by atoms with Gasteiger partial charge in [0.1, 0.15) is 0 Å². The molecular weight excluding hydrogens is 164 g/mol. The number of unbranched alkanes of at least 4 members (excludes halogenated alkanes) is 3. The van der Waals surface area contributed by atoms with Crippen molar-refractivity contribution in [2.45, 2.75) is 57.5 Å². The largest absolute Gasteiger partial charge is 0.352 e. The standard InChI is InChI=1S/C10H20N2O/c1-2-3-4-5-6-10(13)12-9-7-8(9)11/h8-9H,2-7,11H2,1H3,(H,12,13). The van der Waals surface area contributed by atoms with E-state index in [0.29, 0.717) is 6.42 Å². The molecule has 3 nitrogen and oxygen atoms in total. The maximum atomic E-state index is 11.2. The van der Waals surface area contributed by atoms with Gasteiger partial charge in [-0.3, -0.25) is 4.79 Å². The third kappa shape index (κ3) is 4.27. The Bertz CT molecular complexity index is 170. The molecule has 3 heteroatoms. The quantitative estimate of drug-likeness (QED) is 0.609. The molecule has 0 radical (unpaired) electrons. The Morgan fingerprint density at radius 2 is 2.15 bits per heavy atom. The summed E-state index contributed by atoms with van der Waals surface area (Å²) >= 11 is 0. The molecule has 0 spiro atoms. The number of hydrogen-bond donors (Lipinski definition) is 2. The highest BCUT2D eigenvalue weighted by Crippen LogP contribution is 2.17. The Morgan fingerprint density at radius 1 is 1.46 bits per heavy atom. The number of carbonyl (C=O) groups excluding carboxylic acids is 1. The molecular formula is C10H20N2O. The van der Waals surface area contributed by atoms with Crippen molar-refractivity contribution in [2.75, 3.05) is 0 Å². The molecule has 2 unspecified atom stereocenters. The Kier molecular flexibility index (Phi) is 4.22.